The van der Waals surface area contributed by atoms with Gasteiger partial charge >= 0.3 is 0 Å². The molecule has 1 aliphatic carbocycles. The highest BCUT2D eigenvalue weighted by molar-refractivity contribution is 7.92. The highest BCUT2D eigenvalue weighted by atomic mass is 32.2. The second-order valence-corrected chi connectivity index (χ2v) is 13.2. The molecule has 2 amide bonds. The lowest BCUT2D eigenvalue weighted by Crippen LogP contribution is -2.54. The smallest absolute Gasteiger partial charge is 0.264 e. The lowest BCUT2D eigenvalue weighted by Gasteiger charge is -2.34. The molecule has 1 unspecified atom stereocenters. The van der Waals surface area contributed by atoms with Crippen LogP contribution >= 0.6 is 0 Å². The van der Waals surface area contributed by atoms with Gasteiger partial charge in [-0.1, -0.05) is 73.5 Å². The minimum absolute atomic E-state index is 0.00259. The van der Waals surface area contributed by atoms with Crippen molar-refractivity contribution in [1.82, 2.24) is 10.2 Å². The van der Waals surface area contributed by atoms with Crippen molar-refractivity contribution in [3.05, 3.63) is 126 Å². The third kappa shape index (κ3) is 8.11. The van der Waals surface area contributed by atoms with Gasteiger partial charge < -0.3 is 15.0 Å². The molecule has 5 rings (SSSR count). The number of ether oxygens (including phenoxy) is 1. The van der Waals surface area contributed by atoms with Gasteiger partial charge in [0.25, 0.3) is 10.0 Å². The van der Waals surface area contributed by atoms with E-state index in [1.807, 2.05) is 30.3 Å². The van der Waals surface area contributed by atoms with E-state index in [1.54, 1.807) is 54.6 Å². The molecule has 0 saturated heterocycles. The van der Waals surface area contributed by atoms with E-state index >= 15 is 0 Å². The van der Waals surface area contributed by atoms with E-state index in [0.717, 1.165) is 35.6 Å². The maximum atomic E-state index is 14.5. The Balaban J connectivity index is 1.55. The molecule has 1 fully saturated rings. The molecule has 1 saturated carbocycles. The first-order valence-electron chi connectivity index (χ1n) is 15.3. The van der Waals surface area contributed by atoms with Crippen LogP contribution in [0.3, 0.4) is 0 Å². The van der Waals surface area contributed by atoms with Crippen LogP contribution in [0.5, 0.6) is 5.75 Å². The van der Waals surface area contributed by atoms with Crippen molar-refractivity contribution in [2.75, 3.05) is 18.0 Å². The summed E-state index contributed by atoms with van der Waals surface area (Å²) in [5.41, 5.74) is 1.70. The topological polar surface area (TPSA) is 96.0 Å². The number of carbonyl (C=O) groups is 2. The Kier molecular flexibility index (Phi) is 10.7. The minimum Gasteiger partial charge on any atom is -0.497 e. The van der Waals surface area contributed by atoms with E-state index < -0.39 is 34.3 Å². The molecule has 10 heteroatoms. The molecule has 46 heavy (non-hydrogen) atoms. The fourth-order valence-corrected chi connectivity index (χ4v) is 7.14. The third-order valence-electron chi connectivity index (χ3n) is 8.21. The number of methoxy groups -OCH3 is 1. The molecule has 0 aromatic heterocycles. The monoisotopic (exact) mass is 643 g/mol. The van der Waals surface area contributed by atoms with Gasteiger partial charge in [-0.2, -0.15) is 0 Å². The normalized spacial score (nSPS) is 14.0. The van der Waals surface area contributed by atoms with Crippen LogP contribution in [0.1, 0.15) is 36.8 Å². The number of amides is 2. The first-order valence-corrected chi connectivity index (χ1v) is 16.8. The average molecular weight is 644 g/mol. The number of halogens is 1. The Morgan fingerprint density at radius 2 is 1.46 bits per heavy atom. The Morgan fingerprint density at radius 3 is 2.07 bits per heavy atom. The van der Waals surface area contributed by atoms with Gasteiger partial charge in [0.05, 0.1) is 17.7 Å². The fraction of sp³-hybridized carbons (Fsp3) is 0.278. The van der Waals surface area contributed by atoms with Gasteiger partial charge in [0, 0.05) is 19.0 Å². The van der Waals surface area contributed by atoms with Gasteiger partial charge in [-0.05, 0) is 72.5 Å². The average Bonchev–Trinajstić information content (AvgIpc) is 3.60. The van der Waals surface area contributed by atoms with Crippen molar-refractivity contribution in [2.45, 2.75) is 55.6 Å². The fourth-order valence-electron chi connectivity index (χ4n) is 5.70. The number of nitrogens with one attached hydrogen (secondary N) is 1. The van der Waals surface area contributed by atoms with Crippen LogP contribution in [-0.4, -0.2) is 50.9 Å². The van der Waals surface area contributed by atoms with Crippen molar-refractivity contribution >= 4 is 27.5 Å². The van der Waals surface area contributed by atoms with Crippen molar-refractivity contribution in [3.8, 4) is 5.75 Å². The van der Waals surface area contributed by atoms with E-state index in [9.17, 15) is 22.4 Å². The summed E-state index contributed by atoms with van der Waals surface area (Å²) in [6.45, 7) is -0.608. The summed E-state index contributed by atoms with van der Waals surface area (Å²) in [7, 11) is -2.70. The summed E-state index contributed by atoms with van der Waals surface area (Å²) in [6.07, 6.45) is 3.95. The Morgan fingerprint density at radius 1 is 0.848 bits per heavy atom. The number of carbonyl (C=O) groups excluding carboxylic acids is 2. The molecule has 1 N–H and O–H groups in total. The Hall–Kier alpha value is -4.70. The van der Waals surface area contributed by atoms with Gasteiger partial charge in [0.1, 0.15) is 24.2 Å². The highest BCUT2D eigenvalue weighted by Crippen LogP contribution is 2.27. The van der Waals surface area contributed by atoms with Gasteiger partial charge in [0.2, 0.25) is 11.8 Å². The van der Waals surface area contributed by atoms with E-state index in [0.29, 0.717) is 11.3 Å². The van der Waals surface area contributed by atoms with Crippen LogP contribution in [-0.2, 0) is 32.6 Å². The molecule has 0 aliphatic heterocycles. The molecular weight excluding hydrogens is 605 g/mol. The van der Waals surface area contributed by atoms with Crippen LogP contribution in [0.2, 0.25) is 0 Å². The standard InChI is InChI=1S/C36H38FN3O5S/c1-45-32-22-20-31(21-23-32)40(46(43,44)33-14-6-3-7-15-33)26-35(41)39(25-28-16-18-29(37)19-17-28)34(24-27-10-4-2-5-11-27)36(42)38-30-12-8-9-13-30/h2-7,10-11,14-23,30,34H,8-9,12-13,24-26H2,1H3,(H,38,42). The van der Waals surface area contributed by atoms with Crippen molar-refractivity contribution in [1.29, 1.82) is 0 Å². The lowest BCUT2D eigenvalue weighted by atomic mass is 10.0. The summed E-state index contributed by atoms with van der Waals surface area (Å²) < 4.78 is 48.3. The maximum absolute atomic E-state index is 14.5. The first-order chi connectivity index (χ1) is 22.2. The van der Waals surface area contributed by atoms with E-state index in [4.69, 9.17) is 4.74 Å². The Bertz CT molecular complexity index is 1700. The molecule has 8 nitrogen and oxygen atoms in total. The van der Waals surface area contributed by atoms with Gasteiger partial charge in [-0.3, -0.25) is 13.9 Å². The number of benzene rings is 4. The molecule has 0 heterocycles. The summed E-state index contributed by atoms with van der Waals surface area (Å²) in [6, 6.07) is 28.4. The van der Waals surface area contributed by atoms with E-state index in [1.165, 1.54) is 36.3 Å². The van der Waals surface area contributed by atoms with Crippen molar-refractivity contribution < 1.29 is 27.1 Å². The van der Waals surface area contributed by atoms with Gasteiger partial charge in [0.15, 0.2) is 0 Å². The number of sulfonamides is 1. The minimum atomic E-state index is -4.21. The first kappa shape index (κ1) is 32.7. The van der Waals surface area contributed by atoms with E-state index in [2.05, 4.69) is 5.32 Å². The molecule has 4 aromatic carbocycles. The summed E-state index contributed by atoms with van der Waals surface area (Å²) in [5.74, 6) is -0.798. The Labute approximate surface area is 269 Å². The van der Waals surface area contributed by atoms with Crippen LogP contribution in [0.15, 0.2) is 114 Å². The predicted octanol–water partition coefficient (Wildman–Crippen LogP) is 5.73. The molecule has 0 bridgehead atoms. The quantitative estimate of drug-likeness (QED) is 0.201. The largest absolute Gasteiger partial charge is 0.497 e. The zero-order chi connectivity index (χ0) is 32.5. The van der Waals surface area contributed by atoms with Gasteiger partial charge in [-0.25, -0.2) is 12.8 Å². The molecule has 1 atom stereocenters. The molecule has 0 radical (unpaired) electrons. The second kappa shape index (κ2) is 15.1. The maximum Gasteiger partial charge on any atom is 0.264 e. The number of nitrogens with zero attached hydrogens (tertiary/aromatic N) is 2. The number of hydrogen-bond acceptors (Lipinski definition) is 5. The highest BCUT2D eigenvalue weighted by Gasteiger charge is 2.35. The molecule has 240 valence electrons. The second-order valence-electron chi connectivity index (χ2n) is 11.4. The third-order valence-corrected chi connectivity index (χ3v) is 10.00. The zero-order valence-electron chi connectivity index (χ0n) is 25.7. The number of hydrogen-bond donors (Lipinski definition) is 1. The van der Waals surface area contributed by atoms with Crippen LogP contribution in [0.25, 0.3) is 0 Å². The van der Waals surface area contributed by atoms with Gasteiger partial charge in [-0.15, -0.1) is 0 Å². The van der Waals surface area contributed by atoms with Crippen LogP contribution < -0.4 is 14.4 Å². The molecule has 0 spiro atoms. The summed E-state index contributed by atoms with van der Waals surface area (Å²) in [5, 5.41) is 3.14. The number of anilines is 1. The van der Waals surface area contributed by atoms with Crippen molar-refractivity contribution in [3.63, 3.8) is 0 Å². The summed E-state index contributed by atoms with van der Waals surface area (Å²) in [4.78, 5) is 30.0. The molecular formula is C36H38FN3O5S. The predicted molar refractivity (Wildman–Crippen MR) is 175 cm³/mol. The van der Waals surface area contributed by atoms with E-state index in [-0.39, 0.29) is 35.5 Å². The van der Waals surface area contributed by atoms with Crippen molar-refractivity contribution in [2.24, 2.45) is 0 Å². The van der Waals surface area contributed by atoms with Crippen LogP contribution in [0, 0.1) is 5.82 Å². The summed E-state index contributed by atoms with van der Waals surface area (Å²) >= 11 is 0. The lowest BCUT2D eigenvalue weighted by molar-refractivity contribution is -0.140. The SMILES string of the molecule is COc1ccc(N(CC(=O)N(Cc2ccc(F)cc2)C(Cc2ccccc2)C(=O)NC2CCCC2)S(=O)(=O)c2ccccc2)cc1. The number of rotatable bonds is 13. The molecule has 1 aliphatic rings. The zero-order valence-corrected chi connectivity index (χ0v) is 26.5. The van der Waals surface area contributed by atoms with Crippen LogP contribution in [0.4, 0.5) is 10.1 Å². The molecule has 4 aromatic rings.